The number of aryl methyl sites for hydroxylation is 2. The highest BCUT2D eigenvalue weighted by Gasteiger charge is 2.21. The first-order valence-electron chi connectivity index (χ1n) is 6.87. The number of nitro benzene ring substituents is 2. The second-order valence-electron chi connectivity index (χ2n) is 5.03. The lowest BCUT2D eigenvalue weighted by Crippen LogP contribution is -2.21. The molecule has 0 aliphatic heterocycles. The van der Waals surface area contributed by atoms with E-state index in [1.54, 1.807) is 26.0 Å². The molecule has 2 N–H and O–H groups in total. The Kier molecular flexibility index (Phi) is 4.73. The van der Waals surface area contributed by atoms with Crippen molar-refractivity contribution in [3.8, 4) is 0 Å². The molecule has 2 amide bonds. The Morgan fingerprint density at radius 3 is 1.54 bits per heavy atom. The van der Waals surface area contributed by atoms with Gasteiger partial charge in [-0.2, -0.15) is 0 Å². The van der Waals surface area contributed by atoms with Gasteiger partial charge in [0.1, 0.15) is 11.4 Å². The maximum Gasteiger partial charge on any atom is 0.324 e. The average molecular weight is 330 g/mol. The molecule has 0 aliphatic rings. The van der Waals surface area contributed by atoms with Crippen LogP contribution in [0.1, 0.15) is 11.1 Å². The summed E-state index contributed by atoms with van der Waals surface area (Å²) >= 11 is 0. The number of urea groups is 1. The summed E-state index contributed by atoms with van der Waals surface area (Å²) in [5.74, 6) is 0. The Morgan fingerprint density at radius 2 is 1.21 bits per heavy atom. The zero-order chi connectivity index (χ0) is 17.9. The molecule has 0 saturated heterocycles. The Labute approximate surface area is 136 Å². The van der Waals surface area contributed by atoms with Crippen LogP contribution < -0.4 is 10.6 Å². The molecule has 9 nitrogen and oxygen atoms in total. The Bertz CT molecular complexity index is 767. The van der Waals surface area contributed by atoms with Crippen molar-refractivity contribution in [1.29, 1.82) is 0 Å². The number of para-hydroxylation sites is 2. The number of anilines is 2. The molecule has 9 heteroatoms. The monoisotopic (exact) mass is 330 g/mol. The first-order valence-corrected chi connectivity index (χ1v) is 6.87. The van der Waals surface area contributed by atoms with E-state index in [9.17, 15) is 25.0 Å². The molecule has 2 aromatic rings. The maximum absolute atomic E-state index is 12.2. The van der Waals surface area contributed by atoms with Crippen LogP contribution in [0.15, 0.2) is 36.4 Å². The number of carbonyl (C=O) groups excluding carboxylic acids is 1. The summed E-state index contributed by atoms with van der Waals surface area (Å²) in [6, 6.07) is 7.95. The summed E-state index contributed by atoms with van der Waals surface area (Å²) in [6.45, 7) is 3.22. The van der Waals surface area contributed by atoms with Gasteiger partial charge in [-0.05, 0) is 25.0 Å². The third kappa shape index (κ3) is 3.46. The minimum Gasteiger partial charge on any atom is -0.302 e. The zero-order valence-electron chi connectivity index (χ0n) is 12.9. The van der Waals surface area contributed by atoms with Crippen molar-refractivity contribution in [3.63, 3.8) is 0 Å². The Hall–Kier alpha value is -3.49. The van der Waals surface area contributed by atoms with E-state index in [0.29, 0.717) is 11.1 Å². The number of hydrogen-bond donors (Lipinski definition) is 2. The number of rotatable bonds is 4. The van der Waals surface area contributed by atoms with Gasteiger partial charge in [0.2, 0.25) is 0 Å². The fourth-order valence-corrected chi connectivity index (χ4v) is 2.19. The highest BCUT2D eigenvalue weighted by Crippen LogP contribution is 2.30. The number of benzene rings is 2. The van der Waals surface area contributed by atoms with Crippen LogP contribution in [-0.2, 0) is 0 Å². The number of carbonyl (C=O) groups is 1. The van der Waals surface area contributed by atoms with Gasteiger partial charge in [-0.1, -0.05) is 24.3 Å². The van der Waals surface area contributed by atoms with E-state index in [2.05, 4.69) is 10.6 Å². The molecular weight excluding hydrogens is 316 g/mol. The summed E-state index contributed by atoms with van der Waals surface area (Å²) in [6.07, 6.45) is 0. The molecule has 0 aliphatic carbocycles. The van der Waals surface area contributed by atoms with Crippen LogP contribution in [0.4, 0.5) is 27.5 Å². The van der Waals surface area contributed by atoms with Gasteiger partial charge < -0.3 is 10.6 Å². The molecule has 0 radical (unpaired) electrons. The van der Waals surface area contributed by atoms with E-state index >= 15 is 0 Å². The number of hydrogen-bond acceptors (Lipinski definition) is 5. The minimum atomic E-state index is -0.801. The van der Waals surface area contributed by atoms with Crippen molar-refractivity contribution >= 4 is 28.8 Å². The highest BCUT2D eigenvalue weighted by atomic mass is 16.6. The van der Waals surface area contributed by atoms with Crippen LogP contribution in [-0.4, -0.2) is 15.9 Å². The van der Waals surface area contributed by atoms with E-state index < -0.39 is 15.9 Å². The van der Waals surface area contributed by atoms with E-state index in [1.807, 2.05) is 0 Å². The lowest BCUT2D eigenvalue weighted by atomic mass is 10.1. The van der Waals surface area contributed by atoms with Crippen molar-refractivity contribution < 1.29 is 14.6 Å². The third-order valence-electron chi connectivity index (χ3n) is 3.37. The lowest BCUT2D eigenvalue weighted by molar-refractivity contribution is -0.384. The van der Waals surface area contributed by atoms with Gasteiger partial charge >= 0.3 is 6.03 Å². The van der Waals surface area contributed by atoms with E-state index in [0.717, 1.165) is 0 Å². The zero-order valence-corrected chi connectivity index (χ0v) is 12.9. The molecule has 0 aromatic heterocycles. The van der Waals surface area contributed by atoms with Gasteiger partial charge in [0.15, 0.2) is 0 Å². The molecule has 0 spiro atoms. The number of nitrogens with one attached hydrogen (secondary N) is 2. The molecule has 24 heavy (non-hydrogen) atoms. The van der Waals surface area contributed by atoms with Crippen LogP contribution in [0.3, 0.4) is 0 Å². The molecule has 0 heterocycles. The van der Waals surface area contributed by atoms with Crippen molar-refractivity contribution in [2.45, 2.75) is 13.8 Å². The second kappa shape index (κ2) is 6.73. The van der Waals surface area contributed by atoms with Gasteiger partial charge in [0.05, 0.1) is 9.85 Å². The van der Waals surface area contributed by atoms with Crippen molar-refractivity contribution in [3.05, 3.63) is 67.8 Å². The van der Waals surface area contributed by atoms with Crippen LogP contribution >= 0.6 is 0 Å². The Balaban J connectivity index is 2.31. The highest BCUT2D eigenvalue weighted by molar-refractivity contribution is 6.03. The van der Waals surface area contributed by atoms with Gasteiger partial charge in [-0.25, -0.2) is 4.79 Å². The van der Waals surface area contributed by atoms with E-state index in [1.165, 1.54) is 24.3 Å². The number of amides is 2. The van der Waals surface area contributed by atoms with Gasteiger partial charge in [-0.15, -0.1) is 0 Å². The molecular formula is C15H14N4O5. The van der Waals surface area contributed by atoms with Crippen LogP contribution in [0.5, 0.6) is 0 Å². The molecule has 0 fully saturated rings. The fraction of sp³-hybridized carbons (Fsp3) is 0.133. The van der Waals surface area contributed by atoms with Gasteiger partial charge in [-0.3, -0.25) is 20.2 Å². The maximum atomic E-state index is 12.2. The summed E-state index contributed by atoms with van der Waals surface area (Å²) in [5.41, 5.74) is 0.554. The molecule has 0 unspecified atom stereocenters. The van der Waals surface area contributed by atoms with Crippen LogP contribution in [0, 0.1) is 34.1 Å². The third-order valence-corrected chi connectivity index (χ3v) is 3.37. The van der Waals surface area contributed by atoms with Crippen molar-refractivity contribution in [2.24, 2.45) is 0 Å². The molecule has 0 atom stereocenters. The summed E-state index contributed by atoms with van der Waals surface area (Å²) in [5, 5.41) is 26.9. The van der Waals surface area contributed by atoms with Gasteiger partial charge in [0, 0.05) is 12.1 Å². The summed E-state index contributed by atoms with van der Waals surface area (Å²) < 4.78 is 0. The minimum absolute atomic E-state index is 0.0382. The lowest BCUT2D eigenvalue weighted by Gasteiger charge is -2.12. The quantitative estimate of drug-likeness (QED) is 0.651. The van der Waals surface area contributed by atoms with Crippen molar-refractivity contribution in [2.75, 3.05) is 10.6 Å². The normalized spacial score (nSPS) is 10.1. The molecule has 124 valence electrons. The smallest absolute Gasteiger partial charge is 0.302 e. The van der Waals surface area contributed by atoms with Crippen LogP contribution in [0.25, 0.3) is 0 Å². The van der Waals surface area contributed by atoms with E-state index in [4.69, 9.17) is 0 Å². The van der Waals surface area contributed by atoms with Crippen LogP contribution in [0.2, 0.25) is 0 Å². The first kappa shape index (κ1) is 16.9. The van der Waals surface area contributed by atoms with Crippen molar-refractivity contribution in [1.82, 2.24) is 0 Å². The number of nitro groups is 2. The molecule has 2 rings (SSSR count). The predicted molar refractivity (Wildman–Crippen MR) is 88.3 cm³/mol. The largest absolute Gasteiger partial charge is 0.324 e. The summed E-state index contributed by atoms with van der Waals surface area (Å²) in [7, 11) is 0. The first-order chi connectivity index (χ1) is 11.3. The topological polar surface area (TPSA) is 127 Å². The number of nitrogens with zero attached hydrogens (tertiary/aromatic N) is 2. The molecule has 0 bridgehead atoms. The second-order valence-corrected chi connectivity index (χ2v) is 5.03. The molecule has 0 saturated carbocycles. The Morgan fingerprint density at radius 1 is 0.833 bits per heavy atom. The molecule has 2 aromatic carbocycles. The van der Waals surface area contributed by atoms with Gasteiger partial charge in [0.25, 0.3) is 11.4 Å². The van der Waals surface area contributed by atoms with E-state index in [-0.39, 0.29) is 22.7 Å². The predicted octanol–water partition coefficient (Wildman–Crippen LogP) is 3.76. The fourth-order valence-electron chi connectivity index (χ4n) is 2.19. The standard InChI is InChI=1S/C15H14N4O5/c1-9-5-3-7-11(18(21)22)13(9)16-15(20)17-14-10(2)6-4-8-12(14)19(23)24/h3-8H,1-2H3,(H2,16,17,20). The SMILES string of the molecule is Cc1cccc([N+](=O)[O-])c1NC(=O)Nc1c(C)cccc1[N+](=O)[O-]. The average Bonchev–Trinajstić information content (AvgIpc) is 2.50. The summed E-state index contributed by atoms with van der Waals surface area (Å²) in [4.78, 5) is 33.1.